The maximum absolute atomic E-state index is 13.1. The number of benzene rings is 2. The molecule has 2 N–H and O–H groups in total. The van der Waals surface area contributed by atoms with Gasteiger partial charge in [-0.25, -0.2) is 4.39 Å². The van der Waals surface area contributed by atoms with Gasteiger partial charge in [0.25, 0.3) is 11.8 Å². The van der Waals surface area contributed by atoms with Gasteiger partial charge >= 0.3 is 0 Å². The molecule has 1 aliphatic rings. The van der Waals surface area contributed by atoms with E-state index in [0.29, 0.717) is 6.54 Å². The summed E-state index contributed by atoms with van der Waals surface area (Å²) >= 11 is 0. The second-order valence-corrected chi connectivity index (χ2v) is 9.26. The molecule has 2 aromatic carbocycles. The SMILES string of the molecule is CN(C)c1ccc(CNC(=O)c2cc3n(n2)C[C@](C)(C(=O)NCc2ccc(F)cc2)N(C)C3=O)cc1. The predicted molar refractivity (Wildman–Crippen MR) is 133 cm³/mol. The van der Waals surface area contributed by atoms with Gasteiger partial charge in [0.1, 0.15) is 17.1 Å². The van der Waals surface area contributed by atoms with Crippen LogP contribution < -0.4 is 15.5 Å². The van der Waals surface area contributed by atoms with Gasteiger partial charge in [0.15, 0.2) is 5.69 Å². The van der Waals surface area contributed by atoms with Crippen molar-refractivity contribution in [2.24, 2.45) is 0 Å². The highest BCUT2D eigenvalue weighted by molar-refractivity contribution is 6.01. The lowest BCUT2D eigenvalue weighted by molar-refractivity contribution is -0.132. The molecular formula is C26H29FN6O3. The lowest BCUT2D eigenvalue weighted by Gasteiger charge is -2.40. The van der Waals surface area contributed by atoms with Gasteiger partial charge in [0.2, 0.25) is 5.91 Å². The lowest BCUT2D eigenvalue weighted by Crippen LogP contribution is -2.62. The quantitative estimate of drug-likeness (QED) is 0.527. The van der Waals surface area contributed by atoms with Crippen LogP contribution in [0.25, 0.3) is 0 Å². The Morgan fingerprint density at radius 3 is 2.22 bits per heavy atom. The third kappa shape index (κ3) is 4.93. The number of carbonyl (C=O) groups is 3. The van der Waals surface area contributed by atoms with E-state index < -0.39 is 17.4 Å². The summed E-state index contributed by atoms with van der Waals surface area (Å²) in [5.41, 5.74) is 1.83. The molecule has 0 radical (unpaired) electrons. The molecule has 3 aromatic rings. The first-order valence-corrected chi connectivity index (χ1v) is 11.5. The van der Waals surface area contributed by atoms with Crippen molar-refractivity contribution >= 4 is 23.4 Å². The van der Waals surface area contributed by atoms with Gasteiger partial charge in [0, 0.05) is 46.0 Å². The maximum Gasteiger partial charge on any atom is 0.272 e. The molecule has 0 spiro atoms. The molecule has 9 nitrogen and oxygen atoms in total. The Kier molecular flexibility index (Phi) is 6.78. The first-order chi connectivity index (χ1) is 17.1. The number of nitrogens with zero attached hydrogens (tertiary/aromatic N) is 4. The number of amides is 3. The largest absolute Gasteiger partial charge is 0.378 e. The van der Waals surface area contributed by atoms with Crippen LogP contribution in [-0.4, -0.2) is 59.1 Å². The van der Waals surface area contributed by atoms with Crippen LogP contribution in [0, 0.1) is 5.82 Å². The van der Waals surface area contributed by atoms with E-state index in [1.165, 1.54) is 27.8 Å². The zero-order valence-electron chi connectivity index (χ0n) is 20.7. The Hall–Kier alpha value is -4.21. The first kappa shape index (κ1) is 24.9. The summed E-state index contributed by atoms with van der Waals surface area (Å²) in [6.45, 7) is 2.23. The number of likely N-dealkylation sites (N-methyl/N-ethyl adjacent to an activating group) is 1. The van der Waals surface area contributed by atoms with Crippen LogP contribution >= 0.6 is 0 Å². The third-order valence-electron chi connectivity index (χ3n) is 6.50. The van der Waals surface area contributed by atoms with Crippen LogP contribution in [-0.2, 0) is 24.4 Å². The molecule has 4 rings (SSSR count). The van der Waals surface area contributed by atoms with Crippen molar-refractivity contribution in [1.82, 2.24) is 25.3 Å². The molecular weight excluding hydrogens is 463 g/mol. The van der Waals surface area contributed by atoms with Crippen LogP contribution in [0.15, 0.2) is 54.6 Å². The van der Waals surface area contributed by atoms with Crippen LogP contribution in [0.5, 0.6) is 0 Å². The zero-order valence-corrected chi connectivity index (χ0v) is 20.7. The topological polar surface area (TPSA) is 99.6 Å². The smallest absolute Gasteiger partial charge is 0.272 e. The van der Waals surface area contributed by atoms with Crippen LogP contribution in [0.2, 0.25) is 0 Å². The van der Waals surface area contributed by atoms with Gasteiger partial charge in [-0.05, 0) is 42.3 Å². The van der Waals surface area contributed by atoms with Crippen molar-refractivity contribution in [3.63, 3.8) is 0 Å². The van der Waals surface area contributed by atoms with Crippen molar-refractivity contribution in [2.45, 2.75) is 32.1 Å². The van der Waals surface area contributed by atoms with Gasteiger partial charge in [-0.1, -0.05) is 24.3 Å². The highest BCUT2D eigenvalue weighted by atomic mass is 19.1. The monoisotopic (exact) mass is 492 g/mol. The molecule has 36 heavy (non-hydrogen) atoms. The van der Waals surface area contributed by atoms with Crippen molar-refractivity contribution in [2.75, 3.05) is 26.0 Å². The van der Waals surface area contributed by atoms with Crippen LogP contribution in [0.1, 0.15) is 39.0 Å². The number of fused-ring (bicyclic) bond motifs is 1. The Balaban J connectivity index is 1.43. The standard InChI is InChI=1S/C26H29FN6O3/c1-26(25(36)29-15-17-5-9-19(27)10-6-17)16-33-22(24(35)32(26)4)13-21(30-33)23(34)28-14-18-7-11-20(12-8-18)31(2)3/h5-13H,14-16H2,1-4H3,(H,28,34)(H,29,36)/t26-/m1/s1. The number of carbonyl (C=O) groups excluding carboxylic acids is 3. The Bertz CT molecular complexity index is 1290. The number of anilines is 1. The van der Waals surface area contributed by atoms with E-state index in [0.717, 1.165) is 16.8 Å². The maximum atomic E-state index is 13.1. The van der Waals surface area contributed by atoms with Gasteiger partial charge in [0.05, 0.1) is 6.54 Å². The number of hydrogen-bond donors (Lipinski definition) is 2. The Labute approximate surface area is 208 Å². The van der Waals surface area contributed by atoms with E-state index in [-0.39, 0.29) is 36.2 Å². The minimum absolute atomic E-state index is 0.0824. The number of aromatic nitrogens is 2. The summed E-state index contributed by atoms with van der Waals surface area (Å²) in [6.07, 6.45) is 0. The molecule has 10 heteroatoms. The van der Waals surface area contributed by atoms with Crippen molar-refractivity contribution in [1.29, 1.82) is 0 Å². The minimum Gasteiger partial charge on any atom is -0.378 e. The zero-order chi connectivity index (χ0) is 26.0. The van der Waals surface area contributed by atoms with E-state index in [2.05, 4.69) is 15.7 Å². The summed E-state index contributed by atoms with van der Waals surface area (Å²) in [5.74, 6) is -1.56. The normalized spacial score (nSPS) is 16.9. The second-order valence-electron chi connectivity index (χ2n) is 9.26. The van der Waals surface area contributed by atoms with Gasteiger partial charge in [-0.3, -0.25) is 19.1 Å². The summed E-state index contributed by atoms with van der Waals surface area (Å²) < 4.78 is 14.5. The molecule has 0 fully saturated rings. The molecule has 188 valence electrons. The van der Waals surface area contributed by atoms with Crippen molar-refractivity contribution in [3.8, 4) is 0 Å². The number of halogens is 1. The fourth-order valence-corrected chi connectivity index (χ4v) is 4.00. The first-order valence-electron chi connectivity index (χ1n) is 11.5. The summed E-state index contributed by atoms with van der Waals surface area (Å²) in [6, 6.07) is 15.0. The third-order valence-corrected chi connectivity index (χ3v) is 6.50. The highest BCUT2D eigenvalue weighted by Crippen LogP contribution is 2.26. The summed E-state index contributed by atoms with van der Waals surface area (Å²) in [7, 11) is 5.46. The fraction of sp³-hybridized carbons (Fsp3) is 0.308. The minimum atomic E-state index is -1.22. The summed E-state index contributed by atoms with van der Waals surface area (Å²) in [4.78, 5) is 42.2. The fourth-order valence-electron chi connectivity index (χ4n) is 4.00. The molecule has 2 heterocycles. The van der Waals surface area contributed by atoms with E-state index in [4.69, 9.17) is 0 Å². The number of hydrogen-bond acceptors (Lipinski definition) is 5. The Morgan fingerprint density at radius 1 is 1.03 bits per heavy atom. The molecule has 0 aliphatic carbocycles. The van der Waals surface area contributed by atoms with E-state index in [1.54, 1.807) is 26.1 Å². The van der Waals surface area contributed by atoms with E-state index in [9.17, 15) is 18.8 Å². The molecule has 3 amide bonds. The summed E-state index contributed by atoms with van der Waals surface area (Å²) in [5, 5.41) is 9.96. The molecule has 1 atom stereocenters. The van der Waals surface area contributed by atoms with Crippen LogP contribution in [0.4, 0.5) is 10.1 Å². The van der Waals surface area contributed by atoms with Gasteiger partial charge in [-0.15, -0.1) is 0 Å². The van der Waals surface area contributed by atoms with Gasteiger partial charge in [-0.2, -0.15) is 5.10 Å². The molecule has 1 aliphatic heterocycles. The van der Waals surface area contributed by atoms with Gasteiger partial charge < -0.3 is 20.4 Å². The molecule has 1 aromatic heterocycles. The molecule has 0 saturated heterocycles. The second kappa shape index (κ2) is 9.80. The molecule has 0 unspecified atom stereocenters. The molecule has 0 bridgehead atoms. The lowest BCUT2D eigenvalue weighted by atomic mass is 9.96. The van der Waals surface area contributed by atoms with Crippen LogP contribution in [0.3, 0.4) is 0 Å². The average Bonchev–Trinajstić information content (AvgIpc) is 3.29. The number of rotatable bonds is 7. The highest BCUT2D eigenvalue weighted by Gasteiger charge is 2.46. The van der Waals surface area contributed by atoms with Crippen molar-refractivity contribution in [3.05, 3.63) is 82.9 Å². The molecule has 0 saturated carbocycles. The average molecular weight is 493 g/mol. The van der Waals surface area contributed by atoms with Crippen molar-refractivity contribution < 1.29 is 18.8 Å². The Morgan fingerprint density at radius 2 is 1.61 bits per heavy atom. The number of nitrogens with one attached hydrogen (secondary N) is 2. The predicted octanol–water partition coefficient (Wildman–Crippen LogP) is 2.18. The van der Waals surface area contributed by atoms with E-state index >= 15 is 0 Å². The van der Waals surface area contributed by atoms with E-state index in [1.807, 2.05) is 43.3 Å².